The van der Waals surface area contributed by atoms with Crippen LogP contribution in [-0.4, -0.2) is 53.9 Å². The molecule has 0 bridgehead atoms. The molecule has 0 spiro atoms. The number of carbonyl (C=O) groups is 1. The number of ether oxygens (including phenoxy) is 1. The number of halogens is 1. The smallest absolute Gasteiger partial charge is 0.275 e. The summed E-state index contributed by atoms with van der Waals surface area (Å²) < 4.78 is 20.2. The van der Waals surface area contributed by atoms with Gasteiger partial charge >= 0.3 is 0 Å². The Kier molecular flexibility index (Phi) is 4.92. The van der Waals surface area contributed by atoms with Crippen LogP contribution in [0.4, 0.5) is 10.1 Å². The molecule has 1 saturated heterocycles. The number of hydrogen-bond acceptors (Lipinski definition) is 5. The first-order valence-electron chi connectivity index (χ1n) is 9.33. The van der Waals surface area contributed by atoms with Crippen molar-refractivity contribution in [2.24, 2.45) is 7.05 Å². The number of methoxy groups -OCH3 is 1. The minimum atomic E-state index is -0.333. The fourth-order valence-electron chi connectivity index (χ4n) is 3.67. The van der Waals surface area contributed by atoms with E-state index in [9.17, 15) is 14.0 Å². The van der Waals surface area contributed by atoms with E-state index in [1.807, 2.05) is 4.90 Å². The maximum Gasteiger partial charge on any atom is 0.275 e. The van der Waals surface area contributed by atoms with Crippen molar-refractivity contribution in [3.63, 3.8) is 0 Å². The van der Waals surface area contributed by atoms with Crippen molar-refractivity contribution < 1.29 is 13.9 Å². The molecule has 2 heterocycles. The molecule has 29 heavy (non-hydrogen) atoms. The third-order valence-corrected chi connectivity index (χ3v) is 5.21. The maximum absolute atomic E-state index is 13.7. The number of aryl methyl sites for hydroxylation is 1. The Hall–Kier alpha value is -3.42. The molecule has 8 heteroatoms. The highest BCUT2D eigenvalue weighted by Gasteiger charge is 2.26. The molecule has 1 aliphatic rings. The Morgan fingerprint density at radius 3 is 2.45 bits per heavy atom. The number of hydrogen-bond donors (Lipinski definition) is 0. The van der Waals surface area contributed by atoms with Gasteiger partial charge in [0, 0.05) is 44.7 Å². The molecular weight excluding hydrogens is 375 g/mol. The van der Waals surface area contributed by atoms with E-state index in [0.717, 1.165) is 0 Å². The van der Waals surface area contributed by atoms with E-state index in [-0.39, 0.29) is 23.0 Å². The molecule has 150 valence electrons. The van der Waals surface area contributed by atoms with Crippen molar-refractivity contribution in [2.45, 2.75) is 0 Å². The van der Waals surface area contributed by atoms with Gasteiger partial charge in [0.05, 0.1) is 18.2 Å². The average Bonchev–Trinajstić information content (AvgIpc) is 2.76. The van der Waals surface area contributed by atoms with E-state index < -0.39 is 0 Å². The molecule has 1 fully saturated rings. The van der Waals surface area contributed by atoms with Gasteiger partial charge in [-0.25, -0.2) is 9.07 Å². The van der Waals surface area contributed by atoms with Gasteiger partial charge in [-0.15, -0.1) is 0 Å². The van der Waals surface area contributed by atoms with Crippen molar-refractivity contribution >= 4 is 22.4 Å². The zero-order valence-corrected chi connectivity index (χ0v) is 16.3. The first-order chi connectivity index (χ1) is 14.0. The summed E-state index contributed by atoms with van der Waals surface area (Å²) >= 11 is 0. The Morgan fingerprint density at radius 2 is 1.76 bits per heavy atom. The summed E-state index contributed by atoms with van der Waals surface area (Å²) in [7, 11) is 3.09. The quantitative estimate of drug-likeness (QED) is 0.678. The largest absolute Gasteiger partial charge is 0.495 e. The normalized spacial score (nSPS) is 14.3. The predicted molar refractivity (Wildman–Crippen MR) is 108 cm³/mol. The number of carbonyl (C=O) groups excluding carboxylic acids is 1. The van der Waals surface area contributed by atoms with Gasteiger partial charge in [-0.1, -0.05) is 18.2 Å². The first-order valence-corrected chi connectivity index (χ1v) is 9.33. The van der Waals surface area contributed by atoms with Gasteiger partial charge in [-0.3, -0.25) is 9.59 Å². The highest BCUT2D eigenvalue weighted by molar-refractivity contribution is 6.04. The van der Waals surface area contributed by atoms with Crippen molar-refractivity contribution in [2.75, 3.05) is 38.2 Å². The topological polar surface area (TPSA) is 67.7 Å². The lowest BCUT2D eigenvalue weighted by Gasteiger charge is -2.36. The van der Waals surface area contributed by atoms with Gasteiger partial charge < -0.3 is 14.5 Å². The summed E-state index contributed by atoms with van der Waals surface area (Å²) in [4.78, 5) is 29.1. The predicted octanol–water partition coefficient (Wildman–Crippen LogP) is 2.04. The number of piperazine rings is 1. The van der Waals surface area contributed by atoms with E-state index in [1.165, 1.54) is 16.8 Å². The number of rotatable bonds is 3. The second-order valence-corrected chi connectivity index (χ2v) is 6.92. The third-order valence-electron chi connectivity index (χ3n) is 5.21. The van der Waals surface area contributed by atoms with E-state index in [0.29, 0.717) is 48.4 Å². The Bertz CT molecular complexity index is 1140. The average molecular weight is 396 g/mol. The molecule has 0 unspecified atom stereocenters. The molecule has 1 aromatic heterocycles. The van der Waals surface area contributed by atoms with Crippen molar-refractivity contribution in [3.8, 4) is 5.75 Å². The molecule has 4 rings (SSSR count). The molecule has 1 amide bonds. The van der Waals surface area contributed by atoms with Gasteiger partial charge in [0.2, 0.25) is 0 Å². The summed E-state index contributed by atoms with van der Waals surface area (Å²) in [6.07, 6.45) is 0. The van der Waals surface area contributed by atoms with Crippen LogP contribution in [0.5, 0.6) is 5.75 Å². The standard InChI is InChI=1S/C21H21FN4O3/c1-24-20(27)16-6-4-3-5-15(16)19(23-24)21(28)26-11-9-25(10-12-26)17-13-14(22)7-8-18(17)29-2/h3-8,13H,9-12H2,1-2H3. The van der Waals surface area contributed by atoms with Gasteiger partial charge in [-0.2, -0.15) is 5.10 Å². The zero-order chi connectivity index (χ0) is 20.5. The van der Waals surface area contributed by atoms with Crippen LogP contribution in [0, 0.1) is 5.82 Å². The highest BCUT2D eigenvalue weighted by atomic mass is 19.1. The number of anilines is 1. The minimum absolute atomic E-state index is 0.220. The number of aromatic nitrogens is 2. The summed E-state index contributed by atoms with van der Waals surface area (Å²) in [6, 6.07) is 11.4. The van der Waals surface area contributed by atoms with Gasteiger partial charge in [0.1, 0.15) is 11.6 Å². The number of fused-ring (bicyclic) bond motifs is 1. The molecular formula is C21H21FN4O3. The lowest BCUT2D eigenvalue weighted by Crippen LogP contribution is -2.49. The molecule has 0 aliphatic carbocycles. The number of benzene rings is 2. The van der Waals surface area contributed by atoms with Gasteiger partial charge in [-0.05, 0) is 18.2 Å². The van der Waals surface area contributed by atoms with Crippen LogP contribution < -0.4 is 15.2 Å². The van der Waals surface area contributed by atoms with E-state index in [1.54, 1.807) is 49.4 Å². The van der Waals surface area contributed by atoms with Crippen molar-refractivity contribution in [1.82, 2.24) is 14.7 Å². The van der Waals surface area contributed by atoms with Crippen molar-refractivity contribution in [3.05, 3.63) is 64.3 Å². The fraction of sp³-hybridized carbons (Fsp3) is 0.286. The van der Waals surface area contributed by atoms with E-state index >= 15 is 0 Å². The molecule has 0 N–H and O–H groups in total. The summed E-state index contributed by atoms with van der Waals surface area (Å²) in [5.41, 5.74) is 0.699. The fourth-order valence-corrected chi connectivity index (χ4v) is 3.67. The van der Waals surface area contributed by atoms with Gasteiger partial charge in [0.25, 0.3) is 11.5 Å². The van der Waals surface area contributed by atoms with Crippen LogP contribution >= 0.6 is 0 Å². The summed E-state index contributed by atoms with van der Waals surface area (Å²) in [6.45, 7) is 1.99. The lowest BCUT2D eigenvalue weighted by molar-refractivity contribution is 0.0740. The molecule has 2 aromatic carbocycles. The van der Waals surface area contributed by atoms with Crippen LogP contribution in [0.25, 0.3) is 10.8 Å². The molecule has 1 aliphatic heterocycles. The monoisotopic (exact) mass is 396 g/mol. The van der Waals surface area contributed by atoms with E-state index in [4.69, 9.17) is 4.74 Å². The number of nitrogens with zero attached hydrogens (tertiary/aromatic N) is 4. The van der Waals surface area contributed by atoms with Crippen molar-refractivity contribution in [1.29, 1.82) is 0 Å². The molecule has 7 nitrogen and oxygen atoms in total. The SMILES string of the molecule is COc1ccc(F)cc1N1CCN(C(=O)c2nn(C)c(=O)c3ccccc23)CC1. The molecule has 3 aromatic rings. The number of amides is 1. The van der Waals surface area contributed by atoms with Crippen LogP contribution in [0.3, 0.4) is 0 Å². The molecule has 0 atom stereocenters. The maximum atomic E-state index is 13.7. The zero-order valence-electron chi connectivity index (χ0n) is 16.3. The Balaban J connectivity index is 1.58. The lowest BCUT2D eigenvalue weighted by atomic mass is 10.1. The first kappa shape index (κ1) is 18.9. The van der Waals surface area contributed by atoms with E-state index in [2.05, 4.69) is 5.10 Å². The second-order valence-electron chi connectivity index (χ2n) is 6.92. The highest BCUT2D eigenvalue weighted by Crippen LogP contribution is 2.30. The summed E-state index contributed by atoms with van der Waals surface area (Å²) in [5.74, 6) is 0.0414. The third kappa shape index (κ3) is 3.41. The van der Waals surface area contributed by atoms with Crippen LogP contribution in [0.2, 0.25) is 0 Å². The minimum Gasteiger partial charge on any atom is -0.495 e. The molecule has 0 saturated carbocycles. The van der Waals surface area contributed by atoms with Crippen LogP contribution in [0.1, 0.15) is 10.5 Å². The van der Waals surface area contributed by atoms with Crippen LogP contribution in [0.15, 0.2) is 47.3 Å². The second kappa shape index (κ2) is 7.54. The Labute approximate surface area is 166 Å². The Morgan fingerprint density at radius 1 is 1.07 bits per heavy atom. The molecule has 0 radical (unpaired) electrons. The van der Waals surface area contributed by atoms with Crippen LogP contribution in [-0.2, 0) is 7.05 Å². The van der Waals surface area contributed by atoms with Gasteiger partial charge in [0.15, 0.2) is 5.69 Å². The summed E-state index contributed by atoms with van der Waals surface area (Å²) in [5, 5.41) is 5.24.